The fourth-order valence-electron chi connectivity index (χ4n) is 4.22. The molecule has 8 nitrogen and oxygen atoms in total. The molecule has 2 aliphatic heterocycles. The fourth-order valence-corrected chi connectivity index (χ4v) is 5.24. The number of para-hydroxylation sites is 1. The summed E-state index contributed by atoms with van der Waals surface area (Å²) in [6.07, 6.45) is 0. The first-order valence-electron chi connectivity index (χ1n) is 12.6. The van der Waals surface area contributed by atoms with Gasteiger partial charge in [-0.2, -0.15) is 0 Å². The van der Waals surface area contributed by atoms with E-state index in [0.29, 0.717) is 26.4 Å². The SMILES string of the molecule is CCOC(=O)C(COCCOCCN1CCN(C2=Nc3ccccc3Sc3ccccc32)CC1)NC. The van der Waals surface area contributed by atoms with Gasteiger partial charge in [0.05, 0.1) is 38.7 Å². The second-order valence-corrected chi connectivity index (χ2v) is 9.69. The topological polar surface area (TPSA) is 75.6 Å². The van der Waals surface area contributed by atoms with Crippen LogP contribution in [0.2, 0.25) is 0 Å². The highest BCUT2D eigenvalue weighted by Gasteiger charge is 2.25. The normalized spacial score (nSPS) is 16.5. The number of amidine groups is 1. The first-order chi connectivity index (χ1) is 17.7. The van der Waals surface area contributed by atoms with Gasteiger partial charge in [-0.25, -0.2) is 4.99 Å². The summed E-state index contributed by atoms with van der Waals surface area (Å²) in [7, 11) is 1.72. The molecule has 2 heterocycles. The van der Waals surface area contributed by atoms with Gasteiger partial charge in [-0.3, -0.25) is 9.69 Å². The summed E-state index contributed by atoms with van der Waals surface area (Å²) in [6, 6.07) is 16.5. The Morgan fingerprint density at radius 2 is 1.72 bits per heavy atom. The Balaban J connectivity index is 1.20. The number of esters is 1. The van der Waals surface area contributed by atoms with E-state index in [1.807, 2.05) is 0 Å². The number of hydrogen-bond acceptors (Lipinski definition) is 9. The van der Waals surface area contributed by atoms with Gasteiger partial charge in [0.2, 0.25) is 0 Å². The molecule has 1 fully saturated rings. The van der Waals surface area contributed by atoms with Crippen LogP contribution in [0.25, 0.3) is 0 Å². The molecule has 194 valence electrons. The van der Waals surface area contributed by atoms with Crippen molar-refractivity contribution >= 4 is 29.3 Å². The number of rotatable bonds is 11. The zero-order valence-corrected chi connectivity index (χ0v) is 22.0. The van der Waals surface area contributed by atoms with E-state index in [2.05, 4.69) is 63.6 Å². The summed E-state index contributed by atoms with van der Waals surface area (Å²) in [6.45, 7) is 8.74. The summed E-state index contributed by atoms with van der Waals surface area (Å²) in [5.74, 6) is 0.778. The number of likely N-dealkylation sites (N-methyl/N-ethyl adjacent to an activating group) is 1. The third-order valence-electron chi connectivity index (χ3n) is 6.24. The lowest BCUT2D eigenvalue weighted by molar-refractivity contribution is -0.147. The van der Waals surface area contributed by atoms with Gasteiger partial charge in [-0.15, -0.1) is 0 Å². The molecule has 4 rings (SSSR count). The van der Waals surface area contributed by atoms with Gasteiger partial charge in [0.15, 0.2) is 0 Å². The zero-order chi connectivity index (χ0) is 25.2. The Hall–Kier alpha value is -2.43. The number of fused-ring (bicyclic) bond motifs is 2. The lowest BCUT2D eigenvalue weighted by atomic mass is 10.1. The molecule has 0 aliphatic carbocycles. The lowest BCUT2D eigenvalue weighted by Crippen LogP contribution is -2.49. The number of nitrogens with zero attached hydrogens (tertiary/aromatic N) is 3. The third kappa shape index (κ3) is 7.08. The quantitative estimate of drug-likeness (QED) is 0.364. The number of carbonyl (C=O) groups excluding carboxylic acids is 1. The van der Waals surface area contributed by atoms with Crippen LogP contribution in [0.3, 0.4) is 0 Å². The van der Waals surface area contributed by atoms with Crippen LogP contribution in [0.4, 0.5) is 5.69 Å². The molecule has 0 radical (unpaired) electrons. The van der Waals surface area contributed by atoms with E-state index in [1.165, 1.54) is 15.4 Å². The van der Waals surface area contributed by atoms with Crippen LogP contribution >= 0.6 is 11.8 Å². The van der Waals surface area contributed by atoms with Gasteiger partial charge in [0.25, 0.3) is 0 Å². The first-order valence-corrected chi connectivity index (χ1v) is 13.4. The largest absolute Gasteiger partial charge is 0.465 e. The molecule has 1 atom stereocenters. The van der Waals surface area contributed by atoms with E-state index in [-0.39, 0.29) is 12.6 Å². The second-order valence-electron chi connectivity index (χ2n) is 8.61. The number of carbonyl (C=O) groups is 1. The third-order valence-corrected chi connectivity index (χ3v) is 7.38. The molecule has 0 saturated carbocycles. The average molecular weight is 513 g/mol. The van der Waals surface area contributed by atoms with Crippen molar-refractivity contribution in [1.82, 2.24) is 15.1 Å². The standard InChI is InChI=1S/C27H36N4O4S/c1-3-35-27(32)23(28-2)20-34-19-18-33-17-16-30-12-14-31(15-13-30)26-21-8-4-6-10-24(21)36-25-11-7-5-9-22(25)29-26/h4-11,23,28H,3,12-20H2,1-2H3. The molecule has 1 N–H and O–H groups in total. The maximum absolute atomic E-state index is 11.8. The molecular formula is C27H36N4O4S. The molecule has 36 heavy (non-hydrogen) atoms. The van der Waals surface area contributed by atoms with E-state index in [9.17, 15) is 4.79 Å². The Bertz CT molecular complexity index is 1030. The summed E-state index contributed by atoms with van der Waals surface area (Å²) in [4.78, 5) is 24.2. The summed E-state index contributed by atoms with van der Waals surface area (Å²) in [5.41, 5.74) is 2.24. The van der Waals surface area contributed by atoms with E-state index in [1.54, 1.807) is 25.7 Å². The highest BCUT2D eigenvalue weighted by atomic mass is 32.2. The summed E-state index contributed by atoms with van der Waals surface area (Å²) >= 11 is 1.79. The molecule has 0 spiro atoms. The minimum absolute atomic E-state index is 0.274. The van der Waals surface area contributed by atoms with Gasteiger partial charge >= 0.3 is 5.97 Å². The molecule has 1 unspecified atom stereocenters. The number of piperazine rings is 1. The Morgan fingerprint density at radius 1 is 1.00 bits per heavy atom. The predicted octanol–water partition coefficient (Wildman–Crippen LogP) is 3.03. The van der Waals surface area contributed by atoms with Crippen LogP contribution < -0.4 is 5.32 Å². The van der Waals surface area contributed by atoms with Crippen LogP contribution in [0, 0.1) is 0 Å². The Labute approximate surface area is 218 Å². The van der Waals surface area contributed by atoms with E-state index in [4.69, 9.17) is 19.2 Å². The first kappa shape index (κ1) is 26.6. The van der Waals surface area contributed by atoms with Crippen molar-refractivity contribution in [3.63, 3.8) is 0 Å². The van der Waals surface area contributed by atoms with Gasteiger partial charge in [-0.1, -0.05) is 42.1 Å². The molecule has 2 aromatic carbocycles. The number of hydrogen-bond donors (Lipinski definition) is 1. The number of benzene rings is 2. The van der Waals surface area contributed by atoms with Crippen LogP contribution in [-0.2, 0) is 19.0 Å². The molecule has 1 saturated heterocycles. The lowest BCUT2D eigenvalue weighted by Gasteiger charge is -2.36. The highest BCUT2D eigenvalue weighted by molar-refractivity contribution is 7.99. The van der Waals surface area contributed by atoms with Crippen molar-refractivity contribution in [2.24, 2.45) is 4.99 Å². The molecule has 0 amide bonds. The molecule has 0 aromatic heterocycles. The molecule has 2 aromatic rings. The highest BCUT2D eigenvalue weighted by Crippen LogP contribution is 2.40. The fraction of sp³-hybridized carbons (Fsp3) is 0.481. The van der Waals surface area contributed by atoms with Crippen LogP contribution in [0.1, 0.15) is 12.5 Å². The van der Waals surface area contributed by atoms with Crippen LogP contribution in [-0.4, -0.2) is 100 Å². The number of aliphatic imine (C=N–C) groups is 1. The second kappa shape index (κ2) is 13.8. The minimum atomic E-state index is -0.446. The van der Waals surface area contributed by atoms with Crippen LogP contribution in [0.15, 0.2) is 63.3 Å². The van der Waals surface area contributed by atoms with Crippen molar-refractivity contribution in [1.29, 1.82) is 0 Å². The Morgan fingerprint density at radius 3 is 2.50 bits per heavy atom. The number of nitrogens with one attached hydrogen (secondary N) is 1. The molecule has 9 heteroatoms. The van der Waals surface area contributed by atoms with Crippen molar-refractivity contribution in [2.75, 3.05) is 72.8 Å². The number of ether oxygens (including phenoxy) is 3. The minimum Gasteiger partial charge on any atom is -0.465 e. The van der Waals surface area contributed by atoms with Crippen molar-refractivity contribution in [3.8, 4) is 0 Å². The molecule has 2 aliphatic rings. The van der Waals surface area contributed by atoms with Crippen molar-refractivity contribution in [2.45, 2.75) is 22.8 Å². The molecular weight excluding hydrogens is 476 g/mol. The average Bonchev–Trinajstić information content (AvgIpc) is 3.07. The molecule has 0 bridgehead atoms. The van der Waals surface area contributed by atoms with E-state index < -0.39 is 6.04 Å². The summed E-state index contributed by atoms with van der Waals surface area (Å²) < 4.78 is 16.3. The summed E-state index contributed by atoms with van der Waals surface area (Å²) in [5, 5.41) is 2.91. The maximum Gasteiger partial charge on any atom is 0.325 e. The smallest absolute Gasteiger partial charge is 0.325 e. The zero-order valence-electron chi connectivity index (χ0n) is 21.2. The predicted molar refractivity (Wildman–Crippen MR) is 142 cm³/mol. The van der Waals surface area contributed by atoms with Gasteiger partial charge in [0.1, 0.15) is 11.9 Å². The van der Waals surface area contributed by atoms with E-state index >= 15 is 0 Å². The Kier molecular flexibility index (Phi) is 10.2. The van der Waals surface area contributed by atoms with Gasteiger partial charge in [0, 0.05) is 48.1 Å². The van der Waals surface area contributed by atoms with Crippen molar-refractivity contribution in [3.05, 3.63) is 54.1 Å². The van der Waals surface area contributed by atoms with Gasteiger partial charge < -0.3 is 24.4 Å². The van der Waals surface area contributed by atoms with Crippen molar-refractivity contribution < 1.29 is 19.0 Å². The van der Waals surface area contributed by atoms with Crippen LogP contribution in [0.5, 0.6) is 0 Å². The maximum atomic E-state index is 11.8. The van der Waals surface area contributed by atoms with E-state index in [0.717, 1.165) is 44.2 Å². The van der Waals surface area contributed by atoms with Gasteiger partial charge in [-0.05, 0) is 32.2 Å². The monoisotopic (exact) mass is 512 g/mol.